The second-order valence-electron chi connectivity index (χ2n) is 11.3. The molecule has 1 aliphatic heterocycles. The molecule has 6 rings (SSSR count). The number of carboxylic acids is 1. The number of allylic oxidation sites excluding steroid dienone is 1. The fraction of sp³-hybridized carbons (Fsp3) is 0.273. The van der Waals surface area contributed by atoms with Crippen LogP contribution in [0.25, 0.3) is 33.9 Å². The Kier molecular flexibility index (Phi) is 7.96. The highest BCUT2D eigenvalue weighted by molar-refractivity contribution is 5.93. The highest BCUT2D eigenvalue weighted by atomic mass is 16.7. The van der Waals surface area contributed by atoms with E-state index < -0.39 is 70.8 Å². The van der Waals surface area contributed by atoms with Crippen LogP contribution >= 0.6 is 0 Å². The van der Waals surface area contributed by atoms with Gasteiger partial charge in [-0.3, -0.25) is 4.79 Å². The lowest BCUT2D eigenvalue weighted by Crippen LogP contribution is -2.71. The van der Waals surface area contributed by atoms with Gasteiger partial charge in [-0.1, -0.05) is 30.3 Å². The van der Waals surface area contributed by atoms with E-state index in [0.29, 0.717) is 17.5 Å². The Balaban J connectivity index is 1.43. The fourth-order valence-corrected chi connectivity index (χ4v) is 6.00. The van der Waals surface area contributed by atoms with Gasteiger partial charge >= 0.3 is 5.97 Å². The Hall–Kier alpha value is -4.92. The molecule has 240 valence electrons. The van der Waals surface area contributed by atoms with Crippen LogP contribution in [-0.4, -0.2) is 85.5 Å². The first-order valence-corrected chi connectivity index (χ1v) is 14.4. The third kappa shape index (κ3) is 5.13. The van der Waals surface area contributed by atoms with Crippen LogP contribution in [0.3, 0.4) is 0 Å². The first-order chi connectivity index (χ1) is 21.9. The van der Waals surface area contributed by atoms with E-state index in [2.05, 4.69) is 5.32 Å². The molecular weight excluding hydrogens is 602 g/mol. The number of phenolic OH excluding ortho intramolecular Hbond substituents is 3. The monoisotopic (exact) mass is 633 g/mol. The van der Waals surface area contributed by atoms with Crippen LogP contribution in [0.4, 0.5) is 0 Å². The summed E-state index contributed by atoms with van der Waals surface area (Å²) in [5, 5.41) is 75.4. The molecule has 13 nitrogen and oxygen atoms in total. The summed E-state index contributed by atoms with van der Waals surface area (Å²) in [6.45, 7) is -0.503. The zero-order chi connectivity index (χ0) is 32.9. The molecule has 2 aliphatic rings. The van der Waals surface area contributed by atoms with Gasteiger partial charge in [0.05, 0.1) is 0 Å². The maximum absolute atomic E-state index is 13.3. The van der Waals surface area contributed by atoms with Crippen molar-refractivity contribution in [2.24, 2.45) is 0 Å². The minimum Gasteiger partial charge on any atom is -0.508 e. The first kappa shape index (κ1) is 31.1. The van der Waals surface area contributed by atoms with Crippen LogP contribution in [0, 0.1) is 0 Å². The lowest BCUT2D eigenvalue weighted by molar-refractivity contribution is -0.305. The van der Waals surface area contributed by atoms with Gasteiger partial charge in [-0.15, -0.1) is 0 Å². The summed E-state index contributed by atoms with van der Waals surface area (Å²) in [5.74, 6) is -4.06. The molecule has 0 bridgehead atoms. The van der Waals surface area contributed by atoms with E-state index in [1.54, 1.807) is 12.1 Å². The third-order valence-corrected chi connectivity index (χ3v) is 8.40. The molecule has 13 heteroatoms. The number of fused-ring (bicyclic) bond motifs is 2. The molecule has 1 aliphatic carbocycles. The molecule has 5 atom stereocenters. The number of hydrogen-bond acceptors (Lipinski definition) is 12. The molecule has 8 N–H and O–H groups in total. The van der Waals surface area contributed by atoms with Crippen LogP contribution in [-0.2, 0) is 16.0 Å². The second kappa shape index (κ2) is 11.8. The van der Waals surface area contributed by atoms with Gasteiger partial charge in [0.15, 0.2) is 16.9 Å². The zero-order valence-corrected chi connectivity index (χ0v) is 24.4. The quantitative estimate of drug-likeness (QED) is 0.137. The van der Waals surface area contributed by atoms with Gasteiger partial charge in [0, 0.05) is 24.2 Å². The number of likely N-dealkylation sites (N-methyl/N-ethyl adjacent to an activating group) is 1. The average molecular weight is 634 g/mol. The average Bonchev–Trinajstić information content (AvgIpc) is 3.04. The summed E-state index contributed by atoms with van der Waals surface area (Å²) >= 11 is 0. The first-order valence-electron chi connectivity index (χ1n) is 14.4. The lowest BCUT2D eigenvalue weighted by atomic mass is 9.86. The van der Waals surface area contributed by atoms with Crippen LogP contribution < -0.4 is 15.5 Å². The largest absolute Gasteiger partial charge is 0.508 e. The molecule has 2 heterocycles. The van der Waals surface area contributed by atoms with Gasteiger partial charge in [-0.05, 0) is 60.4 Å². The van der Waals surface area contributed by atoms with Crippen molar-refractivity contribution in [3.63, 3.8) is 0 Å². The third-order valence-electron chi connectivity index (χ3n) is 8.40. The van der Waals surface area contributed by atoms with Gasteiger partial charge in [-0.2, -0.15) is 0 Å². The number of carboxylic acid groups (broad SMARTS) is 1. The molecule has 4 aromatic rings. The van der Waals surface area contributed by atoms with E-state index in [4.69, 9.17) is 13.9 Å². The minimum absolute atomic E-state index is 0.00560. The number of rotatable bonds is 7. The van der Waals surface area contributed by atoms with Gasteiger partial charge in [0.2, 0.25) is 17.6 Å². The number of benzene rings is 3. The number of ether oxygens (including phenoxy) is 2. The topological polar surface area (TPSA) is 219 Å². The Labute approximate surface area is 260 Å². The van der Waals surface area contributed by atoms with E-state index in [9.17, 15) is 45.3 Å². The normalized spacial score (nSPS) is 24.3. The maximum atomic E-state index is 13.3. The number of carbonyl (C=O) groups is 1. The molecule has 0 radical (unpaired) electrons. The molecule has 46 heavy (non-hydrogen) atoms. The van der Waals surface area contributed by atoms with Crippen LogP contribution in [0.2, 0.25) is 0 Å². The lowest BCUT2D eigenvalue weighted by Gasteiger charge is -2.45. The van der Waals surface area contributed by atoms with Crippen molar-refractivity contribution >= 4 is 28.6 Å². The molecule has 1 aromatic heterocycles. The van der Waals surface area contributed by atoms with E-state index in [1.165, 1.54) is 18.7 Å². The van der Waals surface area contributed by atoms with Crippen molar-refractivity contribution in [3.05, 3.63) is 81.5 Å². The van der Waals surface area contributed by atoms with Crippen LogP contribution in [0.1, 0.15) is 23.1 Å². The molecular formula is C33H31NO12. The molecule has 0 spiro atoms. The summed E-state index contributed by atoms with van der Waals surface area (Å²) in [6.07, 6.45) is -4.68. The SMILES string of the molecule is CNC[C@@]1(C(=O)O)O[C@@H](Oc2cc3oc(-c4ccc(O)cc4C4=Cc5ccccc5CC4)cc(=O)c3c(O)c2O)[C@H](O)[C@@H](O)[C@@H]1O. The van der Waals surface area contributed by atoms with Gasteiger partial charge < -0.3 is 55.0 Å². The van der Waals surface area contributed by atoms with Crippen molar-refractivity contribution in [2.75, 3.05) is 13.6 Å². The smallest absolute Gasteiger partial charge is 0.340 e. The van der Waals surface area contributed by atoms with Gasteiger partial charge in [-0.25, -0.2) is 4.79 Å². The number of aromatic hydroxyl groups is 3. The molecule has 0 amide bonds. The highest BCUT2D eigenvalue weighted by Crippen LogP contribution is 2.44. The Bertz CT molecular complexity index is 1930. The standard InChI is InChI=1S/C33H31NO12/c1-34-14-33(32(42)43)30(41)28(39)29(40)31(46-33)45-24-13-23-25(27(38)26(24)37)21(36)12-22(44-23)19-9-8-18(35)11-20(19)17-7-6-15-4-2-3-5-16(15)10-17/h2-5,8-13,28-31,34-35,37-41H,6-7,14H2,1H3,(H,42,43)/t28-,29-,30+,31-,33-/m1/s1. The van der Waals surface area contributed by atoms with E-state index >= 15 is 0 Å². The Morgan fingerprint density at radius 2 is 1.74 bits per heavy atom. The molecule has 1 saturated heterocycles. The molecule has 3 aromatic carbocycles. The van der Waals surface area contributed by atoms with Crippen LogP contribution in [0.5, 0.6) is 23.0 Å². The number of aryl methyl sites for hydroxylation is 1. The Morgan fingerprint density at radius 1 is 0.978 bits per heavy atom. The number of aliphatic hydroxyl groups is 3. The van der Waals surface area contributed by atoms with Crippen molar-refractivity contribution < 1.29 is 54.4 Å². The highest BCUT2D eigenvalue weighted by Gasteiger charge is 2.59. The molecule has 0 saturated carbocycles. The maximum Gasteiger partial charge on any atom is 0.340 e. The van der Waals surface area contributed by atoms with E-state index in [0.717, 1.165) is 29.7 Å². The summed E-state index contributed by atoms with van der Waals surface area (Å²) < 4.78 is 17.1. The van der Waals surface area contributed by atoms with Gasteiger partial charge in [0.1, 0.15) is 40.8 Å². The number of hydrogen-bond donors (Lipinski definition) is 8. The van der Waals surface area contributed by atoms with E-state index in [1.807, 2.05) is 30.3 Å². The minimum atomic E-state index is -2.46. The Morgan fingerprint density at radius 3 is 2.48 bits per heavy atom. The number of phenols is 3. The summed E-state index contributed by atoms with van der Waals surface area (Å²) in [6, 6.07) is 14.7. The number of aliphatic hydroxyl groups excluding tert-OH is 3. The van der Waals surface area contributed by atoms with Gasteiger partial charge in [0.25, 0.3) is 0 Å². The summed E-state index contributed by atoms with van der Waals surface area (Å²) in [7, 11) is 1.38. The van der Waals surface area contributed by atoms with Crippen LogP contribution in [0.15, 0.2) is 63.8 Å². The molecule has 1 fully saturated rings. The summed E-state index contributed by atoms with van der Waals surface area (Å²) in [5.41, 5.74) is 0.717. The fourth-order valence-electron chi connectivity index (χ4n) is 6.00. The second-order valence-corrected chi connectivity index (χ2v) is 11.3. The van der Waals surface area contributed by atoms with E-state index in [-0.39, 0.29) is 17.1 Å². The molecule has 0 unspecified atom stereocenters. The number of aliphatic carboxylic acids is 1. The zero-order valence-electron chi connectivity index (χ0n) is 24.4. The van der Waals surface area contributed by atoms with Crippen molar-refractivity contribution in [1.82, 2.24) is 5.32 Å². The summed E-state index contributed by atoms with van der Waals surface area (Å²) in [4.78, 5) is 25.4. The predicted molar refractivity (Wildman–Crippen MR) is 163 cm³/mol. The number of nitrogens with one attached hydrogen (secondary N) is 1. The van der Waals surface area contributed by atoms with Crippen molar-refractivity contribution in [2.45, 2.75) is 43.0 Å². The predicted octanol–water partition coefficient (Wildman–Crippen LogP) is 1.92. The van der Waals surface area contributed by atoms with Crippen molar-refractivity contribution in [3.8, 4) is 34.3 Å². The van der Waals surface area contributed by atoms with Crippen molar-refractivity contribution in [1.29, 1.82) is 0 Å².